The van der Waals surface area contributed by atoms with Gasteiger partial charge in [0.2, 0.25) is 10.0 Å². The smallest absolute Gasteiger partial charge is 0.251 e. The molecule has 4 rings (SSSR count). The molecule has 2 heterocycles. The first kappa shape index (κ1) is 21.8. The molecule has 2 aromatic carbocycles. The van der Waals surface area contributed by atoms with Crippen molar-refractivity contribution in [3.63, 3.8) is 0 Å². The average Bonchev–Trinajstić information content (AvgIpc) is 3.33. The van der Waals surface area contributed by atoms with E-state index >= 15 is 0 Å². The van der Waals surface area contributed by atoms with E-state index in [2.05, 4.69) is 22.3 Å². The van der Waals surface area contributed by atoms with Gasteiger partial charge in [-0.2, -0.15) is 4.31 Å². The first-order chi connectivity index (χ1) is 14.9. The van der Waals surface area contributed by atoms with Gasteiger partial charge in [0, 0.05) is 44.0 Å². The molecule has 0 aliphatic carbocycles. The van der Waals surface area contributed by atoms with Crippen LogP contribution >= 0.6 is 0 Å². The predicted octanol–water partition coefficient (Wildman–Crippen LogP) is 3.70. The first-order valence-corrected chi connectivity index (χ1v) is 12.6. The molecule has 2 aliphatic heterocycles. The number of hydrogen-bond acceptors (Lipinski definition) is 4. The molecule has 0 atom stereocenters. The van der Waals surface area contributed by atoms with Crippen LogP contribution in [0.25, 0.3) is 0 Å². The molecule has 0 bridgehead atoms. The lowest BCUT2D eigenvalue weighted by atomic mass is 10.1. The maximum absolute atomic E-state index is 13.0. The zero-order chi connectivity index (χ0) is 21.8. The van der Waals surface area contributed by atoms with Crippen molar-refractivity contribution in [1.29, 1.82) is 0 Å². The summed E-state index contributed by atoms with van der Waals surface area (Å²) in [7, 11) is -3.57. The van der Waals surface area contributed by atoms with Crippen LogP contribution in [0.1, 0.15) is 53.6 Å². The summed E-state index contributed by atoms with van der Waals surface area (Å²) in [6.07, 6.45) is 5.31. The van der Waals surface area contributed by atoms with Crippen LogP contribution < -0.4 is 10.2 Å². The number of rotatable bonds is 6. The Labute approximate surface area is 185 Å². The Hall–Kier alpha value is -2.38. The number of anilines is 1. The molecule has 166 valence electrons. The summed E-state index contributed by atoms with van der Waals surface area (Å²) in [5.74, 6) is -0.253. The van der Waals surface area contributed by atoms with E-state index in [1.165, 1.54) is 28.9 Å². The second-order valence-corrected chi connectivity index (χ2v) is 10.4. The van der Waals surface area contributed by atoms with Crippen LogP contribution in [-0.2, 0) is 16.6 Å². The first-order valence-electron chi connectivity index (χ1n) is 11.2. The Kier molecular flexibility index (Phi) is 6.62. The second kappa shape index (κ2) is 9.40. The standard InChI is InChI=1S/C24H31N3O3S/c1-19-7-12-22(31(29,30)27-15-3-2-4-16-27)17-23(19)24(28)25-18-20-8-10-21(11-9-20)26-13-5-6-14-26/h7-12,17H,2-6,13-16,18H2,1H3,(H,25,28). The molecule has 0 radical (unpaired) electrons. The molecule has 2 fully saturated rings. The number of amides is 1. The fourth-order valence-corrected chi connectivity index (χ4v) is 5.88. The van der Waals surface area contributed by atoms with Gasteiger partial charge in [-0.25, -0.2) is 8.42 Å². The number of carbonyl (C=O) groups is 1. The number of sulfonamides is 1. The summed E-state index contributed by atoms with van der Waals surface area (Å²) in [6.45, 7) is 5.53. The monoisotopic (exact) mass is 441 g/mol. The van der Waals surface area contributed by atoms with Crippen LogP contribution in [0.15, 0.2) is 47.4 Å². The number of carbonyl (C=O) groups excluding carboxylic acids is 1. The van der Waals surface area contributed by atoms with E-state index in [0.717, 1.165) is 43.5 Å². The summed E-state index contributed by atoms with van der Waals surface area (Å²) in [5, 5.41) is 2.94. The van der Waals surface area contributed by atoms with Crippen molar-refractivity contribution in [2.75, 3.05) is 31.1 Å². The van der Waals surface area contributed by atoms with Crippen LogP contribution in [0.4, 0.5) is 5.69 Å². The molecule has 2 aliphatic rings. The SMILES string of the molecule is Cc1ccc(S(=O)(=O)N2CCCCC2)cc1C(=O)NCc1ccc(N2CCCC2)cc1. The maximum Gasteiger partial charge on any atom is 0.251 e. The normalized spacial score (nSPS) is 17.6. The molecule has 2 saturated heterocycles. The predicted molar refractivity (Wildman–Crippen MR) is 123 cm³/mol. The number of aryl methyl sites for hydroxylation is 1. The molecule has 1 amide bonds. The number of nitrogens with zero attached hydrogens (tertiary/aromatic N) is 2. The van der Waals surface area contributed by atoms with Gasteiger partial charge in [-0.05, 0) is 68.0 Å². The minimum atomic E-state index is -3.57. The van der Waals surface area contributed by atoms with E-state index < -0.39 is 10.0 Å². The minimum Gasteiger partial charge on any atom is -0.372 e. The lowest BCUT2D eigenvalue weighted by Gasteiger charge is -2.26. The van der Waals surface area contributed by atoms with Crippen LogP contribution in [0.3, 0.4) is 0 Å². The largest absolute Gasteiger partial charge is 0.372 e. The quantitative estimate of drug-likeness (QED) is 0.742. The van der Waals surface area contributed by atoms with Gasteiger partial charge in [-0.3, -0.25) is 4.79 Å². The highest BCUT2D eigenvalue weighted by molar-refractivity contribution is 7.89. The molecule has 0 saturated carbocycles. The van der Waals surface area contributed by atoms with Crippen LogP contribution in [0.5, 0.6) is 0 Å². The zero-order valence-corrected chi connectivity index (χ0v) is 19.0. The topological polar surface area (TPSA) is 69.7 Å². The van der Waals surface area contributed by atoms with E-state index in [0.29, 0.717) is 25.2 Å². The van der Waals surface area contributed by atoms with Gasteiger partial charge in [0.25, 0.3) is 5.91 Å². The van der Waals surface area contributed by atoms with Gasteiger partial charge in [0.15, 0.2) is 0 Å². The highest BCUT2D eigenvalue weighted by Gasteiger charge is 2.27. The Morgan fingerprint density at radius 2 is 1.55 bits per heavy atom. The molecule has 2 aromatic rings. The van der Waals surface area contributed by atoms with Crippen molar-refractivity contribution in [2.45, 2.75) is 50.5 Å². The van der Waals surface area contributed by atoms with Crippen LogP contribution in [0, 0.1) is 6.92 Å². The molecule has 6 nitrogen and oxygen atoms in total. The summed E-state index contributed by atoms with van der Waals surface area (Å²) in [4.78, 5) is 15.4. The molecule has 0 aromatic heterocycles. The van der Waals surface area contributed by atoms with E-state index in [9.17, 15) is 13.2 Å². The number of hydrogen-bond donors (Lipinski definition) is 1. The number of piperidine rings is 1. The highest BCUT2D eigenvalue weighted by atomic mass is 32.2. The molecular formula is C24H31N3O3S. The lowest BCUT2D eigenvalue weighted by molar-refractivity contribution is 0.0950. The van der Waals surface area contributed by atoms with Crippen molar-refractivity contribution < 1.29 is 13.2 Å². The third kappa shape index (κ3) is 4.93. The Bertz CT molecular complexity index is 1020. The van der Waals surface area contributed by atoms with Crippen molar-refractivity contribution >= 4 is 21.6 Å². The second-order valence-electron chi connectivity index (χ2n) is 8.48. The summed E-state index contributed by atoms with van der Waals surface area (Å²) >= 11 is 0. The van der Waals surface area contributed by atoms with E-state index in [4.69, 9.17) is 0 Å². The maximum atomic E-state index is 13.0. The Morgan fingerprint density at radius 3 is 2.23 bits per heavy atom. The Balaban J connectivity index is 1.44. The van der Waals surface area contributed by atoms with E-state index in [1.807, 2.05) is 19.1 Å². The van der Waals surface area contributed by atoms with Gasteiger partial charge in [0.05, 0.1) is 4.90 Å². The van der Waals surface area contributed by atoms with Gasteiger partial charge in [0.1, 0.15) is 0 Å². The van der Waals surface area contributed by atoms with Crippen molar-refractivity contribution in [3.05, 3.63) is 59.2 Å². The molecule has 1 N–H and O–H groups in total. The van der Waals surface area contributed by atoms with Crippen LogP contribution in [-0.4, -0.2) is 44.8 Å². The third-order valence-corrected chi connectivity index (χ3v) is 8.16. The average molecular weight is 442 g/mol. The third-order valence-electron chi connectivity index (χ3n) is 6.27. The Morgan fingerprint density at radius 1 is 0.903 bits per heavy atom. The zero-order valence-electron chi connectivity index (χ0n) is 18.1. The van der Waals surface area contributed by atoms with Crippen molar-refractivity contribution in [3.8, 4) is 0 Å². The van der Waals surface area contributed by atoms with Gasteiger partial charge < -0.3 is 10.2 Å². The van der Waals surface area contributed by atoms with E-state index in [-0.39, 0.29) is 10.8 Å². The van der Waals surface area contributed by atoms with Gasteiger partial charge in [-0.15, -0.1) is 0 Å². The van der Waals surface area contributed by atoms with Gasteiger partial charge in [-0.1, -0.05) is 24.6 Å². The molecule has 0 spiro atoms. The summed E-state index contributed by atoms with van der Waals surface area (Å²) in [6, 6.07) is 13.1. The van der Waals surface area contributed by atoms with Crippen molar-refractivity contribution in [1.82, 2.24) is 9.62 Å². The van der Waals surface area contributed by atoms with Crippen LogP contribution in [0.2, 0.25) is 0 Å². The fraction of sp³-hybridized carbons (Fsp3) is 0.458. The van der Waals surface area contributed by atoms with Gasteiger partial charge >= 0.3 is 0 Å². The molecule has 0 unspecified atom stereocenters. The highest BCUT2D eigenvalue weighted by Crippen LogP contribution is 2.23. The molecule has 31 heavy (non-hydrogen) atoms. The number of benzene rings is 2. The van der Waals surface area contributed by atoms with E-state index in [1.54, 1.807) is 12.1 Å². The summed E-state index contributed by atoms with van der Waals surface area (Å²) in [5.41, 5.74) is 3.41. The van der Waals surface area contributed by atoms with Crippen molar-refractivity contribution in [2.24, 2.45) is 0 Å². The lowest BCUT2D eigenvalue weighted by Crippen LogP contribution is -2.35. The minimum absolute atomic E-state index is 0.195. The molecule has 7 heteroatoms. The fourth-order valence-electron chi connectivity index (χ4n) is 4.34. The molecular weight excluding hydrogens is 410 g/mol. The number of nitrogens with one attached hydrogen (secondary N) is 1. The summed E-state index contributed by atoms with van der Waals surface area (Å²) < 4.78 is 27.5.